The van der Waals surface area contributed by atoms with Gasteiger partial charge in [0, 0.05) is 16.4 Å². The average Bonchev–Trinajstić information content (AvgIpc) is 3.06. The van der Waals surface area contributed by atoms with Crippen molar-refractivity contribution in [3.63, 3.8) is 0 Å². The van der Waals surface area contributed by atoms with E-state index in [-0.39, 0.29) is 11.8 Å². The van der Waals surface area contributed by atoms with Crippen LogP contribution in [0, 0.1) is 25.7 Å². The Labute approximate surface area is 172 Å². The molecule has 4 nitrogen and oxygen atoms in total. The number of aromatic nitrogens is 1. The van der Waals surface area contributed by atoms with Crippen molar-refractivity contribution in [1.82, 2.24) is 4.98 Å². The fourth-order valence-electron chi connectivity index (χ4n) is 4.16. The summed E-state index contributed by atoms with van der Waals surface area (Å²) in [6.45, 7) is 6.33. The quantitative estimate of drug-likeness (QED) is 0.587. The van der Waals surface area contributed by atoms with Gasteiger partial charge in [0.05, 0.1) is 12.8 Å². The standard InChI is InChI=1S/C23H32N2O2S/c1-5-6-7-17-8-10-18(11-9-17)22(26)25-23-24-21(16(3)28-23)19-12-13-20(27-4)15(2)14-19/h12-14,17-18H,5-11H2,1-4H3,(H,24,25,26). The summed E-state index contributed by atoms with van der Waals surface area (Å²) in [5.41, 5.74) is 3.08. The molecule has 1 heterocycles. The number of rotatable bonds is 7. The maximum Gasteiger partial charge on any atom is 0.229 e. The lowest BCUT2D eigenvalue weighted by Crippen LogP contribution is -2.27. The van der Waals surface area contributed by atoms with Gasteiger partial charge in [-0.2, -0.15) is 0 Å². The third-order valence-electron chi connectivity index (χ3n) is 5.88. The van der Waals surface area contributed by atoms with E-state index < -0.39 is 0 Å². The number of hydrogen-bond donors (Lipinski definition) is 1. The number of ether oxygens (including phenoxy) is 1. The summed E-state index contributed by atoms with van der Waals surface area (Å²) in [6, 6.07) is 6.08. The summed E-state index contributed by atoms with van der Waals surface area (Å²) in [5, 5.41) is 3.79. The van der Waals surface area contributed by atoms with E-state index in [2.05, 4.69) is 25.2 Å². The molecule has 28 heavy (non-hydrogen) atoms. The van der Waals surface area contributed by atoms with E-state index in [1.165, 1.54) is 32.1 Å². The molecule has 1 aliphatic rings. The van der Waals surface area contributed by atoms with Crippen LogP contribution in [0.15, 0.2) is 18.2 Å². The molecule has 1 saturated carbocycles. The first-order valence-electron chi connectivity index (χ1n) is 10.4. The van der Waals surface area contributed by atoms with E-state index >= 15 is 0 Å². The SMILES string of the molecule is CCCCC1CCC(C(=O)Nc2nc(-c3ccc(OC)c(C)c3)c(C)s2)CC1. The number of nitrogens with zero attached hydrogens (tertiary/aromatic N) is 1. The van der Waals surface area contributed by atoms with Crippen LogP contribution in [0.25, 0.3) is 11.3 Å². The third-order valence-corrected chi connectivity index (χ3v) is 6.76. The second kappa shape index (κ2) is 9.55. The highest BCUT2D eigenvalue weighted by Crippen LogP contribution is 2.35. The highest BCUT2D eigenvalue weighted by atomic mass is 32.1. The van der Waals surface area contributed by atoms with Gasteiger partial charge in [-0.25, -0.2) is 4.98 Å². The van der Waals surface area contributed by atoms with Gasteiger partial charge in [-0.3, -0.25) is 4.79 Å². The fraction of sp³-hybridized carbons (Fsp3) is 0.565. The van der Waals surface area contributed by atoms with Crippen LogP contribution in [0.3, 0.4) is 0 Å². The normalized spacial score (nSPS) is 19.4. The molecule has 3 rings (SSSR count). The van der Waals surface area contributed by atoms with Gasteiger partial charge in [0.1, 0.15) is 5.75 Å². The number of thiazole rings is 1. The van der Waals surface area contributed by atoms with Crippen molar-refractivity contribution in [2.75, 3.05) is 12.4 Å². The zero-order valence-electron chi connectivity index (χ0n) is 17.5. The summed E-state index contributed by atoms with van der Waals surface area (Å²) in [7, 11) is 1.68. The largest absolute Gasteiger partial charge is 0.496 e. The fourth-order valence-corrected chi connectivity index (χ4v) is 5.00. The number of hydrogen-bond acceptors (Lipinski definition) is 4. The van der Waals surface area contributed by atoms with Crippen molar-refractivity contribution in [3.05, 3.63) is 28.6 Å². The molecule has 1 amide bonds. The molecule has 1 aromatic carbocycles. The lowest BCUT2D eigenvalue weighted by molar-refractivity contribution is -0.121. The molecule has 1 fully saturated rings. The Bertz CT molecular complexity index is 807. The van der Waals surface area contributed by atoms with E-state index in [0.29, 0.717) is 5.13 Å². The number of anilines is 1. The maximum absolute atomic E-state index is 12.7. The Morgan fingerprint density at radius 3 is 2.64 bits per heavy atom. The van der Waals surface area contributed by atoms with Crippen LogP contribution in [-0.4, -0.2) is 18.0 Å². The number of carbonyl (C=O) groups excluding carboxylic acids is 1. The molecule has 0 unspecified atom stereocenters. The van der Waals surface area contributed by atoms with Crippen molar-refractivity contribution in [1.29, 1.82) is 0 Å². The Hall–Kier alpha value is -1.88. The Kier molecular flexibility index (Phi) is 7.11. The van der Waals surface area contributed by atoms with Gasteiger partial charge in [-0.05, 0) is 69.2 Å². The summed E-state index contributed by atoms with van der Waals surface area (Å²) >= 11 is 1.55. The van der Waals surface area contributed by atoms with Crippen molar-refractivity contribution in [2.45, 2.75) is 65.7 Å². The number of carbonyl (C=O) groups is 1. The Balaban J connectivity index is 1.62. The molecule has 0 saturated heterocycles. The highest BCUT2D eigenvalue weighted by Gasteiger charge is 2.26. The van der Waals surface area contributed by atoms with E-state index in [9.17, 15) is 4.79 Å². The van der Waals surface area contributed by atoms with Crippen molar-refractivity contribution in [2.24, 2.45) is 11.8 Å². The minimum atomic E-state index is 0.133. The predicted octanol–water partition coefficient (Wildman–Crippen LogP) is 6.37. The lowest BCUT2D eigenvalue weighted by atomic mass is 9.79. The zero-order valence-corrected chi connectivity index (χ0v) is 18.3. The number of amides is 1. The highest BCUT2D eigenvalue weighted by molar-refractivity contribution is 7.16. The minimum absolute atomic E-state index is 0.133. The van der Waals surface area contributed by atoms with Crippen LogP contribution in [0.4, 0.5) is 5.13 Å². The van der Waals surface area contributed by atoms with Gasteiger partial charge in [0.15, 0.2) is 5.13 Å². The minimum Gasteiger partial charge on any atom is -0.496 e. The average molecular weight is 401 g/mol. The van der Waals surface area contributed by atoms with E-state index in [0.717, 1.165) is 46.2 Å². The molecule has 1 aliphatic carbocycles. The van der Waals surface area contributed by atoms with Gasteiger partial charge in [0.2, 0.25) is 5.91 Å². The van der Waals surface area contributed by atoms with Crippen molar-refractivity contribution in [3.8, 4) is 17.0 Å². The van der Waals surface area contributed by atoms with Crippen LogP contribution in [-0.2, 0) is 4.79 Å². The molecule has 0 bridgehead atoms. The second-order valence-corrected chi connectivity index (χ2v) is 9.16. The molecule has 0 atom stereocenters. The van der Waals surface area contributed by atoms with Gasteiger partial charge >= 0.3 is 0 Å². The van der Waals surface area contributed by atoms with Crippen LogP contribution in [0.1, 0.15) is 62.3 Å². The van der Waals surface area contributed by atoms with Gasteiger partial charge in [-0.1, -0.05) is 26.2 Å². The van der Waals surface area contributed by atoms with Crippen LogP contribution in [0.5, 0.6) is 5.75 Å². The number of methoxy groups -OCH3 is 1. The van der Waals surface area contributed by atoms with Crippen LogP contribution < -0.4 is 10.1 Å². The molecule has 0 spiro atoms. The lowest BCUT2D eigenvalue weighted by Gasteiger charge is -2.27. The molecule has 0 aliphatic heterocycles. The van der Waals surface area contributed by atoms with Crippen molar-refractivity contribution < 1.29 is 9.53 Å². The summed E-state index contributed by atoms with van der Waals surface area (Å²) in [6.07, 6.45) is 8.29. The summed E-state index contributed by atoms with van der Waals surface area (Å²) in [4.78, 5) is 18.5. The molecular weight excluding hydrogens is 368 g/mol. The smallest absolute Gasteiger partial charge is 0.229 e. The Morgan fingerprint density at radius 2 is 2.00 bits per heavy atom. The first kappa shape index (κ1) is 20.8. The molecule has 2 aromatic rings. The Morgan fingerprint density at radius 1 is 1.25 bits per heavy atom. The molecular formula is C23H32N2O2S. The molecule has 1 aromatic heterocycles. The number of aryl methyl sites for hydroxylation is 2. The molecule has 152 valence electrons. The zero-order chi connectivity index (χ0) is 20.1. The monoisotopic (exact) mass is 400 g/mol. The number of unbranched alkanes of at least 4 members (excludes halogenated alkanes) is 1. The van der Waals surface area contributed by atoms with Crippen molar-refractivity contribution >= 4 is 22.4 Å². The summed E-state index contributed by atoms with van der Waals surface area (Å²) in [5.74, 6) is 1.96. The van der Waals surface area contributed by atoms with Crippen LogP contribution >= 0.6 is 11.3 Å². The van der Waals surface area contributed by atoms with Gasteiger partial charge < -0.3 is 10.1 Å². The van der Waals surface area contributed by atoms with E-state index in [1.807, 2.05) is 19.1 Å². The second-order valence-electron chi connectivity index (χ2n) is 7.96. The number of nitrogens with one attached hydrogen (secondary N) is 1. The number of benzene rings is 1. The predicted molar refractivity (Wildman–Crippen MR) is 117 cm³/mol. The van der Waals surface area contributed by atoms with Gasteiger partial charge in [-0.15, -0.1) is 11.3 Å². The molecule has 1 N–H and O–H groups in total. The van der Waals surface area contributed by atoms with Crippen LogP contribution in [0.2, 0.25) is 0 Å². The van der Waals surface area contributed by atoms with E-state index in [4.69, 9.17) is 9.72 Å². The topological polar surface area (TPSA) is 51.2 Å². The molecule has 0 radical (unpaired) electrons. The first-order valence-corrected chi connectivity index (χ1v) is 11.3. The molecule has 5 heteroatoms. The first-order chi connectivity index (χ1) is 13.5. The van der Waals surface area contributed by atoms with Gasteiger partial charge in [0.25, 0.3) is 0 Å². The summed E-state index contributed by atoms with van der Waals surface area (Å²) < 4.78 is 5.35. The van der Waals surface area contributed by atoms with E-state index in [1.54, 1.807) is 18.4 Å². The third kappa shape index (κ3) is 4.93. The maximum atomic E-state index is 12.7.